The molecule has 1 unspecified atom stereocenters. The molecule has 104 valence electrons. The molecule has 1 N–H and O–H groups in total. The summed E-state index contributed by atoms with van der Waals surface area (Å²) in [6.45, 7) is 5.23. The fourth-order valence-electron chi connectivity index (χ4n) is 2.22. The smallest absolute Gasteiger partial charge is 0.302 e. The second-order valence-corrected chi connectivity index (χ2v) is 4.82. The predicted octanol–water partition coefficient (Wildman–Crippen LogP) is 1.16. The fraction of sp³-hybridized carbons (Fsp3) is 0.500. The third kappa shape index (κ3) is 4.61. The van der Waals surface area contributed by atoms with E-state index in [1.165, 1.54) is 19.1 Å². The summed E-state index contributed by atoms with van der Waals surface area (Å²) in [7, 11) is 0. The van der Waals surface area contributed by atoms with Crippen LogP contribution in [0, 0.1) is 5.82 Å². The first-order valence-electron chi connectivity index (χ1n) is 6.47. The van der Waals surface area contributed by atoms with Crippen LogP contribution in [-0.2, 0) is 16.1 Å². The van der Waals surface area contributed by atoms with Crippen molar-refractivity contribution in [3.8, 4) is 0 Å². The summed E-state index contributed by atoms with van der Waals surface area (Å²) in [4.78, 5) is 13.1. The van der Waals surface area contributed by atoms with Crippen LogP contribution in [0.15, 0.2) is 24.3 Å². The Morgan fingerprint density at radius 1 is 1.47 bits per heavy atom. The first-order chi connectivity index (χ1) is 9.13. The van der Waals surface area contributed by atoms with Gasteiger partial charge in [0.05, 0.1) is 6.04 Å². The van der Waals surface area contributed by atoms with Gasteiger partial charge < -0.3 is 10.1 Å². The van der Waals surface area contributed by atoms with E-state index in [4.69, 9.17) is 4.74 Å². The lowest BCUT2D eigenvalue weighted by Gasteiger charge is -2.33. The highest BCUT2D eigenvalue weighted by Crippen LogP contribution is 2.09. The number of halogens is 1. The molecule has 1 heterocycles. The summed E-state index contributed by atoms with van der Waals surface area (Å²) in [6.07, 6.45) is 0. The lowest BCUT2D eigenvalue weighted by molar-refractivity contribution is -0.142. The zero-order chi connectivity index (χ0) is 13.7. The summed E-state index contributed by atoms with van der Waals surface area (Å²) < 4.78 is 17.8. The van der Waals surface area contributed by atoms with E-state index in [0.29, 0.717) is 6.61 Å². The number of nitrogens with zero attached hydrogens (tertiary/aromatic N) is 1. The largest absolute Gasteiger partial charge is 0.464 e. The summed E-state index contributed by atoms with van der Waals surface area (Å²) in [5.41, 5.74) is 1.09. The van der Waals surface area contributed by atoms with Gasteiger partial charge in [0.1, 0.15) is 12.4 Å². The Hall–Kier alpha value is -1.46. The van der Waals surface area contributed by atoms with Crippen molar-refractivity contribution in [3.63, 3.8) is 0 Å². The van der Waals surface area contributed by atoms with Crippen LogP contribution >= 0.6 is 0 Å². The van der Waals surface area contributed by atoms with Gasteiger partial charge in [-0.25, -0.2) is 4.39 Å². The Morgan fingerprint density at radius 3 is 2.89 bits per heavy atom. The maximum Gasteiger partial charge on any atom is 0.302 e. The topological polar surface area (TPSA) is 41.6 Å². The molecule has 1 saturated heterocycles. The fourth-order valence-corrected chi connectivity index (χ4v) is 2.22. The number of ether oxygens (including phenoxy) is 1. The number of esters is 1. The monoisotopic (exact) mass is 266 g/mol. The lowest BCUT2D eigenvalue weighted by Crippen LogP contribution is -2.52. The number of benzene rings is 1. The standard InChI is InChI=1S/C14H19FN2O2/c1-11(18)19-10-14-9-17(7-6-16-14)8-12-2-4-13(15)5-3-12/h2-5,14,16H,6-10H2,1H3. The van der Waals surface area contributed by atoms with E-state index in [0.717, 1.165) is 31.7 Å². The molecule has 0 spiro atoms. The lowest BCUT2D eigenvalue weighted by atomic mass is 10.1. The van der Waals surface area contributed by atoms with Gasteiger partial charge in [0.2, 0.25) is 0 Å². The summed E-state index contributed by atoms with van der Waals surface area (Å²) in [5, 5.41) is 3.32. The highest BCUT2D eigenvalue weighted by Gasteiger charge is 2.20. The minimum absolute atomic E-state index is 0.165. The molecule has 4 nitrogen and oxygen atoms in total. The van der Waals surface area contributed by atoms with Crippen molar-refractivity contribution in [2.75, 3.05) is 26.2 Å². The Bertz CT molecular complexity index is 422. The number of hydrogen-bond donors (Lipinski definition) is 1. The normalized spacial score (nSPS) is 20.2. The van der Waals surface area contributed by atoms with Gasteiger partial charge in [0.25, 0.3) is 0 Å². The van der Waals surface area contributed by atoms with Crippen LogP contribution in [-0.4, -0.2) is 43.2 Å². The number of hydrogen-bond acceptors (Lipinski definition) is 4. The summed E-state index contributed by atoms with van der Waals surface area (Å²) >= 11 is 0. The van der Waals surface area contributed by atoms with Gasteiger partial charge in [0, 0.05) is 33.1 Å². The van der Waals surface area contributed by atoms with Crippen molar-refractivity contribution in [1.29, 1.82) is 0 Å². The first-order valence-corrected chi connectivity index (χ1v) is 6.47. The molecule has 1 aliphatic heterocycles. The molecule has 1 aromatic carbocycles. The van der Waals surface area contributed by atoms with Gasteiger partial charge in [-0.15, -0.1) is 0 Å². The van der Waals surface area contributed by atoms with Crippen LogP contribution in [0.5, 0.6) is 0 Å². The van der Waals surface area contributed by atoms with E-state index in [-0.39, 0.29) is 17.8 Å². The van der Waals surface area contributed by atoms with Gasteiger partial charge >= 0.3 is 5.97 Å². The van der Waals surface area contributed by atoms with E-state index >= 15 is 0 Å². The number of carbonyl (C=O) groups excluding carboxylic acids is 1. The Balaban J connectivity index is 1.83. The number of carbonyl (C=O) groups is 1. The molecule has 0 aliphatic carbocycles. The van der Waals surface area contributed by atoms with E-state index in [1.54, 1.807) is 12.1 Å². The molecule has 1 fully saturated rings. The quantitative estimate of drug-likeness (QED) is 0.831. The second-order valence-electron chi connectivity index (χ2n) is 4.82. The molecule has 2 rings (SSSR count). The van der Waals surface area contributed by atoms with Gasteiger partial charge in [-0.1, -0.05) is 12.1 Å². The van der Waals surface area contributed by atoms with Crippen LogP contribution in [0.3, 0.4) is 0 Å². The highest BCUT2D eigenvalue weighted by atomic mass is 19.1. The molecule has 0 aromatic heterocycles. The van der Waals surface area contributed by atoms with Crippen molar-refractivity contribution in [3.05, 3.63) is 35.6 Å². The van der Waals surface area contributed by atoms with Crippen molar-refractivity contribution in [2.24, 2.45) is 0 Å². The number of rotatable bonds is 4. The third-order valence-electron chi connectivity index (χ3n) is 3.15. The molecule has 5 heteroatoms. The first kappa shape index (κ1) is 14.0. The van der Waals surface area contributed by atoms with Crippen LogP contribution in [0.4, 0.5) is 4.39 Å². The minimum atomic E-state index is -0.252. The molecular formula is C14H19FN2O2. The third-order valence-corrected chi connectivity index (χ3v) is 3.15. The predicted molar refractivity (Wildman–Crippen MR) is 70.1 cm³/mol. The zero-order valence-corrected chi connectivity index (χ0v) is 11.1. The molecule has 1 atom stereocenters. The maximum atomic E-state index is 12.8. The molecule has 1 aromatic rings. The van der Waals surface area contributed by atoms with Crippen molar-refractivity contribution in [1.82, 2.24) is 10.2 Å². The Morgan fingerprint density at radius 2 is 2.21 bits per heavy atom. The zero-order valence-electron chi connectivity index (χ0n) is 11.1. The van der Waals surface area contributed by atoms with Crippen LogP contribution in [0.25, 0.3) is 0 Å². The number of piperazine rings is 1. The molecule has 0 saturated carbocycles. The molecule has 0 bridgehead atoms. The van der Waals surface area contributed by atoms with Crippen molar-refractivity contribution < 1.29 is 13.9 Å². The van der Waals surface area contributed by atoms with E-state index < -0.39 is 0 Å². The van der Waals surface area contributed by atoms with Gasteiger partial charge in [-0.2, -0.15) is 0 Å². The summed E-state index contributed by atoms with van der Waals surface area (Å²) in [5.74, 6) is -0.464. The molecule has 0 radical (unpaired) electrons. The van der Waals surface area contributed by atoms with Gasteiger partial charge in [-0.05, 0) is 17.7 Å². The molecule has 1 aliphatic rings. The van der Waals surface area contributed by atoms with Crippen molar-refractivity contribution >= 4 is 5.97 Å². The average molecular weight is 266 g/mol. The number of nitrogens with one attached hydrogen (secondary N) is 1. The van der Waals surface area contributed by atoms with Crippen LogP contribution < -0.4 is 5.32 Å². The maximum absolute atomic E-state index is 12.8. The molecule has 0 amide bonds. The van der Waals surface area contributed by atoms with Gasteiger partial charge in [0.15, 0.2) is 0 Å². The average Bonchev–Trinajstić information content (AvgIpc) is 2.40. The van der Waals surface area contributed by atoms with Gasteiger partial charge in [-0.3, -0.25) is 9.69 Å². The SMILES string of the molecule is CC(=O)OCC1CN(Cc2ccc(F)cc2)CCN1. The van der Waals surface area contributed by atoms with E-state index in [1.807, 2.05) is 0 Å². The highest BCUT2D eigenvalue weighted by molar-refractivity contribution is 5.65. The Kier molecular flexibility index (Phi) is 4.87. The van der Waals surface area contributed by atoms with Crippen molar-refractivity contribution in [2.45, 2.75) is 19.5 Å². The van der Waals surface area contributed by atoms with Crippen LogP contribution in [0.1, 0.15) is 12.5 Å². The van der Waals surface area contributed by atoms with Crippen LogP contribution in [0.2, 0.25) is 0 Å². The second kappa shape index (κ2) is 6.63. The minimum Gasteiger partial charge on any atom is -0.464 e. The molecule has 19 heavy (non-hydrogen) atoms. The van der Waals surface area contributed by atoms with E-state index in [9.17, 15) is 9.18 Å². The Labute approximate surface area is 112 Å². The molecular weight excluding hydrogens is 247 g/mol. The summed E-state index contributed by atoms with van der Waals surface area (Å²) in [6, 6.07) is 6.73. The van der Waals surface area contributed by atoms with E-state index in [2.05, 4.69) is 10.2 Å².